The summed E-state index contributed by atoms with van der Waals surface area (Å²) >= 11 is 2.59. The molecular formula is C34H30F2N2O6S2. The van der Waals surface area contributed by atoms with Crippen molar-refractivity contribution in [3.05, 3.63) is 101 Å². The van der Waals surface area contributed by atoms with Crippen LogP contribution in [0.15, 0.2) is 69.1 Å². The van der Waals surface area contributed by atoms with Gasteiger partial charge in [0, 0.05) is 39.5 Å². The lowest BCUT2D eigenvalue weighted by Crippen LogP contribution is -2.10. The normalized spacial score (nSPS) is 11.0. The summed E-state index contributed by atoms with van der Waals surface area (Å²) in [5.74, 6) is -0.310. The van der Waals surface area contributed by atoms with Gasteiger partial charge in [0.2, 0.25) is 0 Å². The first-order valence-electron chi connectivity index (χ1n) is 14.5. The number of aliphatic hydroxyl groups excluding tert-OH is 1. The maximum Gasteiger partial charge on any atom is 0.200 e. The summed E-state index contributed by atoms with van der Waals surface area (Å²) in [5, 5.41) is 12.8. The standard InChI is InChI=1S/C17H16FNO3S.C17H14FNO3S/c2*1-2-6-22-13-4-3-12(18)15-16(13)19-8-11(17(15)21)10-5-7-23-14(10)9-20/h3-5,7-8,20H,2,6,9H2,1H3,(H,19,21);3-5,7-9H,2,6H2,1H3,(H,19,21). The van der Waals surface area contributed by atoms with Crippen molar-refractivity contribution in [3.63, 3.8) is 0 Å². The third-order valence-electron chi connectivity index (χ3n) is 7.09. The zero-order valence-corrected chi connectivity index (χ0v) is 26.6. The zero-order chi connectivity index (χ0) is 32.8. The molecule has 238 valence electrons. The molecule has 46 heavy (non-hydrogen) atoms. The van der Waals surface area contributed by atoms with Crippen LogP contribution in [0.4, 0.5) is 8.78 Å². The summed E-state index contributed by atoms with van der Waals surface area (Å²) in [4.78, 5) is 43.6. The van der Waals surface area contributed by atoms with Crippen LogP contribution in [0.25, 0.3) is 44.1 Å². The number of aldehydes is 1. The Morgan fingerprint density at radius 2 is 1.24 bits per heavy atom. The molecule has 6 rings (SSSR count). The maximum atomic E-state index is 14.2. The predicted octanol–water partition coefficient (Wildman–Crippen LogP) is 7.67. The molecule has 0 spiro atoms. The van der Waals surface area contributed by atoms with E-state index in [0.717, 1.165) is 12.8 Å². The van der Waals surface area contributed by atoms with Crippen LogP contribution in [0, 0.1) is 11.6 Å². The Kier molecular flexibility index (Phi) is 10.4. The van der Waals surface area contributed by atoms with E-state index < -0.39 is 22.5 Å². The minimum Gasteiger partial charge on any atom is -0.491 e. The fraction of sp³-hybridized carbons (Fsp3) is 0.206. The van der Waals surface area contributed by atoms with Crippen molar-refractivity contribution in [2.45, 2.75) is 33.3 Å². The fourth-order valence-electron chi connectivity index (χ4n) is 4.94. The smallest absolute Gasteiger partial charge is 0.200 e. The molecule has 4 heterocycles. The van der Waals surface area contributed by atoms with E-state index in [-0.39, 0.29) is 22.9 Å². The van der Waals surface area contributed by atoms with E-state index in [1.165, 1.54) is 53.1 Å². The van der Waals surface area contributed by atoms with Gasteiger partial charge in [0.1, 0.15) is 23.1 Å². The lowest BCUT2D eigenvalue weighted by Gasteiger charge is -2.10. The highest BCUT2D eigenvalue weighted by atomic mass is 32.1. The maximum absolute atomic E-state index is 14.2. The lowest BCUT2D eigenvalue weighted by atomic mass is 10.0. The number of H-pyrrole nitrogens is 2. The molecule has 8 nitrogen and oxygen atoms in total. The summed E-state index contributed by atoms with van der Waals surface area (Å²) in [7, 11) is 0. The zero-order valence-electron chi connectivity index (χ0n) is 24.9. The molecule has 0 atom stereocenters. The SMILES string of the molecule is CCCOc1ccc(F)c2c(=O)c(-c3ccsc3C=O)c[nH]c12.CCCOc1ccc(F)c2c(=O)c(-c3ccsc3CO)c[nH]c12. The molecule has 4 aromatic heterocycles. The van der Waals surface area contributed by atoms with Gasteiger partial charge in [-0.25, -0.2) is 8.78 Å². The number of fused-ring (bicyclic) bond motifs is 2. The van der Waals surface area contributed by atoms with Gasteiger partial charge >= 0.3 is 0 Å². The van der Waals surface area contributed by atoms with E-state index in [4.69, 9.17) is 9.47 Å². The molecule has 6 aromatic rings. The quantitative estimate of drug-likeness (QED) is 0.129. The van der Waals surface area contributed by atoms with Gasteiger partial charge < -0.3 is 24.5 Å². The van der Waals surface area contributed by atoms with Crippen LogP contribution in [-0.4, -0.2) is 34.6 Å². The van der Waals surface area contributed by atoms with Gasteiger partial charge in [-0.05, 0) is 60.0 Å². The number of aromatic nitrogens is 2. The van der Waals surface area contributed by atoms with Crippen LogP contribution in [0.3, 0.4) is 0 Å². The second kappa shape index (κ2) is 14.6. The number of hydrogen-bond acceptors (Lipinski definition) is 8. The van der Waals surface area contributed by atoms with Gasteiger partial charge in [0.15, 0.2) is 17.1 Å². The van der Waals surface area contributed by atoms with E-state index in [0.29, 0.717) is 68.5 Å². The second-order valence-electron chi connectivity index (χ2n) is 10.1. The van der Waals surface area contributed by atoms with Crippen molar-refractivity contribution < 1.29 is 28.2 Å². The van der Waals surface area contributed by atoms with Crippen LogP contribution in [0.1, 0.15) is 41.2 Å². The number of carbonyl (C=O) groups is 1. The molecule has 12 heteroatoms. The number of ether oxygens (including phenoxy) is 2. The first-order valence-corrected chi connectivity index (χ1v) is 16.2. The van der Waals surface area contributed by atoms with Gasteiger partial charge in [-0.3, -0.25) is 14.4 Å². The molecule has 3 N–H and O–H groups in total. The molecule has 0 aliphatic rings. The Bertz CT molecular complexity index is 2130. The highest BCUT2D eigenvalue weighted by molar-refractivity contribution is 7.12. The predicted molar refractivity (Wildman–Crippen MR) is 179 cm³/mol. The fourth-order valence-corrected chi connectivity index (χ4v) is 6.40. The third-order valence-corrected chi connectivity index (χ3v) is 8.84. The van der Waals surface area contributed by atoms with Gasteiger partial charge in [0.05, 0.1) is 46.5 Å². The number of benzene rings is 2. The Balaban J connectivity index is 0.000000181. The Morgan fingerprint density at radius 3 is 1.74 bits per heavy atom. The summed E-state index contributed by atoms with van der Waals surface area (Å²) < 4.78 is 39.6. The monoisotopic (exact) mass is 664 g/mol. The van der Waals surface area contributed by atoms with Gasteiger partial charge in [0.25, 0.3) is 0 Å². The molecule has 0 radical (unpaired) electrons. The Labute approximate surface area is 269 Å². The molecule has 0 bridgehead atoms. The van der Waals surface area contributed by atoms with Crippen LogP contribution in [0.5, 0.6) is 11.5 Å². The average Bonchev–Trinajstić information content (AvgIpc) is 3.74. The van der Waals surface area contributed by atoms with Crippen molar-refractivity contribution in [3.8, 4) is 33.8 Å². The van der Waals surface area contributed by atoms with Gasteiger partial charge in [-0.15, -0.1) is 22.7 Å². The van der Waals surface area contributed by atoms with Crippen LogP contribution >= 0.6 is 22.7 Å². The second-order valence-corrected chi connectivity index (χ2v) is 12.0. The number of aromatic amines is 2. The first-order chi connectivity index (χ1) is 22.3. The third kappa shape index (κ3) is 6.37. The van der Waals surface area contributed by atoms with E-state index in [1.807, 2.05) is 13.8 Å². The molecule has 2 aromatic carbocycles. The first kappa shape index (κ1) is 32.7. The summed E-state index contributed by atoms with van der Waals surface area (Å²) in [5.41, 5.74) is 1.56. The highest BCUT2D eigenvalue weighted by Gasteiger charge is 2.18. The molecule has 0 saturated carbocycles. The highest BCUT2D eigenvalue weighted by Crippen LogP contribution is 2.31. The number of rotatable bonds is 10. The average molecular weight is 665 g/mol. The van der Waals surface area contributed by atoms with Crippen molar-refractivity contribution in [1.29, 1.82) is 0 Å². The molecule has 0 aliphatic carbocycles. The van der Waals surface area contributed by atoms with Crippen LogP contribution in [-0.2, 0) is 6.61 Å². The van der Waals surface area contributed by atoms with Gasteiger partial charge in [-0.1, -0.05) is 13.8 Å². The number of thiophene rings is 2. The minimum atomic E-state index is -0.616. The Hall–Kier alpha value is -4.65. The molecular weight excluding hydrogens is 635 g/mol. The minimum absolute atomic E-state index is 0.0220. The number of pyridine rings is 2. The van der Waals surface area contributed by atoms with Crippen molar-refractivity contribution >= 4 is 50.8 Å². The van der Waals surface area contributed by atoms with E-state index in [9.17, 15) is 28.3 Å². The van der Waals surface area contributed by atoms with Gasteiger partial charge in [-0.2, -0.15) is 0 Å². The number of carbonyl (C=O) groups excluding carboxylic acids is 1. The summed E-state index contributed by atoms with van der Waals surface area (Å²) in [6, 6.07) is 8.92. The van der Waals surface area contributed by atoms with Crippen LogP contribution in [0.2, 0.25) is 0 Å². The number of halogens is 2. The summed E-state index contributed by atoms with van der Waals surface area (Å²) in [6.45, 7) is 4.74. The van der Waals surface area contributed by atoms with E-state index >= 15 is 0 Å². The molecule has 0 unspecified atom stereocenters. The summed E-state index contributed by atoms with van der Waals surface area (Å²) in [6.07, 6.45) is 5.36. The lowest BCUT2D eigenvalue weighted by molar-refractivity contribution is 0.112. The molecule has 0 saturated heterocycles. The number of aliphatic hydroxyl groups is 1. The molecule has 0 amide bonds. The molecule has 0 fully saturated rings. The van der Waals surface area contributed by atoms with Crippen molar-refractivity contribution in [1.82, 2.24) is 9.97 Å². The molecule has 0 aliphatic heterocycles. The van der Waals surface area contributed by atoms with Crippen molar-refractivity contribution in [2.24, 2.45) is 0 Å². The van der Waals surface area contributed by atoms with Crippen LogP contribution < -0.4 is 20.3 Å². The topological polar surface area (TPSA) is 121 Å². The van der Waals surface area contributed by atoms with Crippen molar-refractivity contribution in [2.75, 3.05) is 13.2 Å². The van der Waals surface area contributed by atoms with E-state index in [1.54, 1.807) is 29.1 Å². The largest absolute Gasteiger partial charge is 0.491 e. The number of hydrogen-bond donors (Lipinski definition) is 3. The Morgan fingerprint density at radius 1 is 0.739 bits per heavy atom. The number of nitrogens with one attached hydrogen (secondary N) is 2. The van der Waals surface area contributed by atoms with E-state index in [2.05, 4.69) is 9.97 Å².